The zero-order chi connectivity index (χ0) is 20.7. The number of aliphatic carboxylic acids is 1. The first-order valence-corrected chi connectivity index (χ1v) is 10.1. The third-order valence-corrected chi connectivity index (χ3v) is 4.96. The number of esters is 1. The SMILES string of the molecule is CC(C)N(CCc1c[nH]c2cc(OC(=O)CCCCC(=O)O)ccc12)C(C)C. The highest BCUT2D eigenvalue weighted by Gasteiger charge is 2.14. The normalized spacial score (nSPS) is 11.7. The Kier molecular flexibility index (Phi) is 8.05. The maximum Gasteiger partial charge on any atom is 0.311 e. The number of carbonyl (C=O) groups excluding carboxylic acids is 1. The summed E-state index contributed by atoms with van der Waals surface area (Å²) in [7, 11) is 0. The molecule has 2 rings (SSSR count). The fraction of sp³-hybridized carbons (Fsp3) is 0.545. The van der Waals surface area contributed by atoms with Crippen molar-refractivity contribution in [3.8, 4) is 5.75 Å². The molecule has 1 aromatic heterocycles. The van der Waals surface area contributed by atoms with Gasteiger partial charge in [-0.15, -0.1) is 0 Å². The van der Waals surface area contributed by atoms with Gasteiger partial charge < -0.3 is 14.8 Å². The lowest BCUT2D eigenvalue weighted by Crippen LogP contribution is -2.38. The topological polar surface area (TPSA) is 82.6 Å². The molecule has 0 fully saturated rings. The second kappa shape index (κ2) is 10.3. The number of hydrogen-bond donors (Lipinski definition) is 2. The number of nitrogens with zero attached hydrogens (tertiary/aromatic N) is 1. The number of aromatic amines is 1. The number of unbranched alkanes of at least 4 members (excludes halogenated alkanes) is 1. The molecule has 0 amide bonds. The highest BCUT2D eigenvalue weighted by Crippen LogP contribution is 2.24. The molecule has 0 radical (unpaired) electrons. The maximum atomic E-state index is 11.9. The largest absolute Gasteiger partial charge is 0.481 e. The van der Waals surface area contributed by atoms with Crippen LogP contribution in [0.5, 0.6) is 5.75 Å². The Morgan fingerprint density at radius 3 is 2.43 bits per heavy atom. The van der Waals surface area contributed by atoms with Gasteiger partial charge in [0.1, 0.15) is 5.75 Å². The van der Waals surface area contributed by atoms with E-state index < -0.39 is 5.97 Å². The van der Waals surface area contributed by atoms with Crippen LogP contribution in [0.4, 0.5) is 0 Å². The number of ether oxygens (including phenoxy) is 1. The number of hydrogen-bond acceptors (Lipinski definition) is 4. The molecule has 0 saturated heterocycles. The number of rotatable bonds is 11. The van der Waals surface area contributed by atoms with Gasteiger partial charge in [-0.1, -0.05) is 0 Å². The first-order chi connectivity index (χ1) is 13.3. The number of carboxylic acid groups (broad SMARTS) is 1. The summed E-state index contributed by atoms with van der Waals surface area (Å²) in [6.45, 7) is 9.87. The lowest BCUT2D eigenvalue weighted by atomic mass is 10.1. The van der Waals surface area contributed by atoms with Crippen LogP contribution < -0.4 is 4.74 Å². The van der Waals surface area contributed by atoms with Crippen LogP contribution in [0.15, 0.2) is 24.4 Å². The van der Waals surface area contributed by atoms with Crippen molar-refractivity contribution in [3.05, 3.63) is 30.0 Å². The van der Waals surface area contributed by atoms with Crippen molar-refractivity contribution < 1.29 is 19.4 Å². The first-order valence-electron chi connectivity index (χ1n) is 10.1. The molecule has 6 heteroatoms. The van der Waals surface area contributed by atoms with Gasteiger partial charge in [-0.3, -0.25) is 14.5 Å². The van der Waals surface area contributed by atoms with E-state index in [0.717, 1.165) is 23.9 Å². The van der Waals surface area contributed by atoms with Crippen LogP contribution in [0.25, 0.3) is 10.9 Å². The van der Waals surface area contributed by atoms with Crippen molar-refractivity contribution in [2.24, 2.45) is 0 Å². The molecule has 0 aliphatic heterocycles. The van der Waals surface area contributed by atoms with E-state index in [0.29, 0.717) is 30.7 Å². The molecular formula is C22H32N2O4. The molecule has 2 aromatic rings. The summed E-state index contributed by atoms with van der Waals surface area (Å²) in [5.41, 5.74) is 2.21. The van der Waals surface area contributed by atoms with Crippen molar-refractivity contribution in [3.63, 3.8) is 0 Å². The Morgan fingerprint density at radius 1 is 1.11 bits per heavy atom. The van der Waals surface area contributed by atoms with Crippen LogP contribution in [-0.4, -0.2) is 45.6 Å². The zero-order valence-corrected chi connectivity index (χ0v) is 17.3. The molecule has 0 unspecified atom stereocenters. The molecule has 0 aliphatic carbocycles. The minimum absolute atomic E-state index is 0.0789. The van der Waals surface area contributed by atoms with Gasteiger partial charge in [-0.2, -0.15) is 0 Å². The minimum atomic E-state index is -0.841. The van der Waals surface area contributed by atoms with Gasteiger partial charge in [0.15, 0.2) is 0 Å². The standard InChI is InChI=1S/C22H32N2O4/c1-15(2)24(16(3)4)12-11-17-14-23-20-13-18(9-10-19(17)20)28-22(27)8-6-5-7-21(25)26/h9-10,13-16,23H,5-8,11-12H2,1-4H3,(H,25,26). The van der Waals surface area contributed by atoms with Crippen molar-refractivity contribution in [2.45, 2.75) is 71.9 Å². The van der Waals surface area contributed by atoms with Crippen LogP contribution in [0.3, 0.4) is 0 Å². The molecule has 0 atom stereocenters. The average Bonchev–Trinajstić information content (AvgIpc) is 3.00. The molecule has 0 bridgehead atoms. The smallest absolute Gasteiger partial charge is 0.311 e. The summed E-state index contributed by atoms with van der Waals surface area (Å²) in [4.78, 5) is 28.2. The van der Waals surface area contributed by atoms with Crippen molar-refractivity contribution >= 4 is 22.8 Å². The summed E-state index contributed by atoms with van der Waals surface area (Å²) in [6.07, 6.45) is 4.28. The molecule has 154 valence electrons. The number of fused-ring (bicyclic) bond motifs is 1. The zero-order valence-electron chi connectivity index (χ0n) is 17.3. The Labute approximate surface area is 166 Å². The minimum Gasteiger partial charge on any atom is -0.481 e. The summed E-state index contributed by atoms with van der Waals surface area (Å²) in [5.74, 6) is -0.664. The summed E-state index contributed by atoms with van der Waals surface area (Å²) >= 11 is 0. The van der Waals surface area contributed by atoms with Gasteiger partial charge in [0.25, 0.3) is 0 Å². The number of benzene rings is 1. The van der Waals surface area contributed by atoms with E-state index in [1.54, 1.807) is 0 Å². The average molecular weight is 389 g/mol. The van der Waals surface area contributed by atoms with Crippen molar-refractivity contribution in [1.82, 2.24) is 9.88 Å². The predicted octanol–water partition coefficient (Wildman–Crippen LogP) is 4.38. The monoisotopic (exact) mass is 388 g/mol. The third kappa shape index (κ3) is 6.37. The molecule has 2 N–H and O–H groups in total. The lowest BCUT2D eigenvalue weighted by Gasteiger charge is -2.30. The number of aromatic nitrogens is 1. The Balaban J connectivity index is 1.94. The molecule has 6 nitrogen and oxygen atoms in total. The van der Waals surface area contributed by atoms with Crippen LogP contribution in [0.1, 0.15) is 58.9 Å². The molecule has 0 spiro atoms. The van der Waals surface area contributed by atoms with E-state index in [-0.39, 0.29) is 18.8 Å². The number of H-pyrrole nitrogens is 1. The van der Waals surface area contributed by atoms with Gasteiger partial charge >= 0.3 is 11.9 Å². The van der Waals surface area contributed by atoms with E-state index in [1.807, 2.05) is 24.4 Å². The Morgan fingerprint density at radius 2 is 1.79 bits per heavy atom. The Hall–Kier alpha value is -2.34. The summed E-state index contributed by atoms with van der Waals surface area (Å²) < 4.78 is 5.39. The molecule has 0 aliphatic rings. The highest BCUT2D eigenvalue weighted by molar-refractivity contribution is 5.85. The van der Waals surface area contributed by atoms with E-state index in [2.05, 4.69) is 37.6 Å². The van der Waals surface area contributed by atoms with E-state index in [4.69, 9.17) is 9.84 Å². The van der Waals surface area contributed by atoms with Gasteiger partial charge in [-0.05, 0) is 64.7 Å². The molecule has 28 heavy (non-hydrogen) atoms. The second-order valence-corrected chi connectivity index (χ2v) is 7.77. The van der Waals surface area contributed by atoms with Gasteiger partial charge in [0.2, 0.25) is 0 Å². The van der Waals surface area contributed by atoms with E-state index in [9.17, 15) is 9.59 Å². The number of carboxylic acids is 1. The predicted molar refractivity (Wildman–Crippen MR) is 111 cm³/mol. The van der Waals surface area contributed by atoms with Gasteiger partial charge in [0.05, 0.1) is 0 Å². The summed E-state index contributed by atoms with van der Waals surface area (Å²) in [6, 6.07) is 6.66. The van der Waals surface area contributed by atoms with Crippen LogP contribution in [0.2, 0.25) is 0 Å². The quantitative estimate of drug-likeness (QED) is 0.339. The molecular weight excluding hydrogens is 356 g/mol. The summed E-state index contributed by atoms with van der Waals surface area (Å²) in [5, 5.41) is 9.76. The second-order valence-electron chi connectivity index (χ2n) is 7.77. The number of nitrogens with one attached hydrogen (secondary N) is 1. The third-order valence-electron chi connectivity index (χ3n) is 4.96. The lowest BCUT2D eigenvalue weighted by molar-refractivity contribution is -0.138. The molecule has 0 saturated carbocycles. The maximum absolute atomic E-state index is 11.9. The fourth-order valence-corrected chi connectivity index (χ4v) is 3.53. The first kappa shape index (κ1) is 22.0. The Bertz CT molecular complexity index is 787. The van der Waals surface area contributed by atoms with Crippen LogP contribution in [0, 0.1) is 0 Å². The van der Waals surface area contributed by atoms with Crippen LogP contribution >= 0.6 is 0 Å². The van der Waals surface area contributed by atoms with Crippen molar-refractivity contribution in [1.29, 1.82) is 0 Å². The van der Waals surface area contributed by atoms with Crippen LogP contribution in [-0.2, 0) is 16.0 Å². The molecule has 1 aromatic carbocycles. The van der Waals surface area contributed by atoms with E-state index >= 15 is 0 Å². The van der Waals surface area contributed by atoms with Gasteiger partial charge in [-0.25, -0.2) is 0 Å². The van der Waals surface area contributed by atoms with Gasteiger partial charge in [0, 0.05) is 54.6 Å². The van der Waals surface area contributed by atoms with E-state index in [1.165, 1.54) is 5.56 Å². The number of carbonyl (C=O) groups is 2. The molecule has 1 heterocycles. The fourth-order valence-electron chi connectivity index (χ4n) is 3.53. The van der Waals surface area contributed by atoms with Crippen molar-refractivity contribution in [2.75, 3.05) is 6.54 Å². The highest BCUT2D eigenvalue weighted by atomic mass is 16.5.